The molecule has 1 aliphatic heterocycles. The standard InChI is InChI=1S/C13H26N2O/c1-3-14-13(10-16-2)9-15-7-11-5-4-6-12(11)8-15/h11-14H,3-10H2,1-2H3. The van der Waals surface area contributed by atoms with E-state index in [0.29, 0.717) is 6.04 Å². The van der Waals surface area contributed by atoms with Gasteiger partial charge in [0.05, 0.1) is 6.61 Å². The summed E-state index contributed by atoms with van der Waals surface area (Å²) in [4.78, 5) is 2.64. The molecule has 3 unspecified atom stereocenters. The second kappa shape index (κ2) is 5.99. The highest BCUT2D eigenvalue weighted by Crippen LogP contribution is 2.37. The first-order valence-electron chi connectivity index (χ1n) is 6.78. The van der Waals surface area contributed by atoms with Gasteiger partial charge in [0, 0.05) is 32.8 Å². The molecular formula is C13H26N2O. The van der Waals surface area contributed by atoms with E-state index in [9.17, 15) is 0 Å². The minimum Gasteiger partial charge on any atom is -0.383 e. The number of methoxy groups -OCH3 is 1. The zero-order valence-corrected chi connectivity index (χ0v) is 10.7. The predicted molar refractivity (Wildman–Crippen MR) is 66.6 cm³/mol. The fourth-order valence-corrected chi connectivity index (χ4v) is 3.46. The van der Waals surface area contributed by atoms with Crippen molar-refractivity contribution in [3.05, 3.63) is 0 Å². The molecule has 0 spiro atoms. The minimum absolute atomic E-state index is 0.508. The van der Waals surface area contributed by atoms with Gasteiger partial charge in [0.25, 0.3) is 0 Å². The highest BCUT2D eigenvalue weighted by atomic mass is 16.5. The highest BCUT2D eigenvalue weighted by Gasteiger charge is 2.36. The smallest absolute Gasteiger partial charge is 0.0628 e. The third kappa shape index (κ3) is 2.96. The summed E-state index contributed by atoms with van der Waals surface area (Å²) in [6.45, 7) is 7.86. The van der Waals surface area contributed by atoms with Gasteiger partial charge in [0.1, 0.15) is 0 Å². The number of hydrogen-bond acceptors (Lipinski definition) is 3. The molecule has 0 aromatic rings. The number of likely N-dealkylation sites (tertiary alicyclic amines) is 1. The van der Waals surface area contributed by atoms with Crippen LogP contribution in [0.5, 0.6) is 0 Å². The van der Waals surface area contributed by atoms with E-state index in [2.05, 4.69) is 17.1 Å². The summed E-state index contributed by atoms with van der Waals surface area (Å²) in [7, 11) is 1.79. The predicted octanol–water partition coefficient (Wildman–Crippen LogP) is 1.34. The van der Waals surface area contributed by atoms with E-state index in [-0.39, 0.29) is 0 Å². The molecule has 3 nitrogen and oxygen atoms in total. The lowest BCUT2D eigenvalue weighted by molar-refractivity contribution is 0.143. The molecule has 0 bridgehead atoms. The van der Waals surface area contributed by atoms with Crippen LogP contribution in [0.4, 0.5) is 0 Å². The summed E-state index contributed by atoms with van der Waals surface area (Å²) in [5.41, 5.74) is 0. The molecule has 1 saturated carbocycles. The van der Waals surface area contributed by atoms with Crippen molar-refractivity contribution in [2.75, 3.05) is 39.9 Å². The summed E-state index contributed by atoms with van der Waals surface area (Å²) in [5.74, 6) is 2.01. The molecule has 1 heterocycles. The van der Waals surface area contributed by atoms with Crippen LogP contribution in [0.15, 0.2) is 0 Å². The van der Waals surface area contributed by atoms with E-state index in [0.717, 1.165) is 31.5 Å². The normalized spacial score (nSPS) is 31.9. The van der Waals surface area contributed by atoms with E-state index >= 15 is 0 Å². The van der Waals surface area contributed by atoms with Crippen molar-refractivity contribution in [2.24, 2.45) is 11.8 Å². The number of nitrogens with zero attached hydrogens (tertiary/aromatic N) is 1. The van der Waals surface area contributed by atoms with Crippen LogP contribution in [0.25, 0.3) is 0 Å². The van der Waals surface area contributed by atoms with Crippen LogP contribution in [0.3, 0.4) is 0 Å². The number of fused-ring (bicyclic) bond motifs is 1. The number of rotatable bonds is 6. The first kappa shape index (κ1) is 12.3. The van der Waals surface area contributed by atoms with Gasteiger partial charge in [-0.25, -0.2) is 0 Å². The van der Waals surface area contributed by atoms with Crippen LogP contribution in [0, 0.1) is 11.8 Å². The fourth-order valence-electron chi connectivity index (χ4n) is 3.46. The molecule has 2 fully saturated rings. The van der Waals surface area contributed by atoms with Crippen molar-refractivity contribution >= 4 is 0 Å². The van der Waals surface area contributed by atoms with E-state index in [4.69, 9.17) is 4.74 Å². The first-order chi connectivity index (χ1) is 7.83. The van der Waals surface area contributed by atoms with Crippen molar-refractivity contribution in [1.29, 1.82) is 0 Å². The summed E-state index contributed by atoms with van der Waals surface area (Å²) >= 11 is 0. The Morgan fingerprint density at radius 1 is 1.31 bits per heavy atom. The lowest BCUT2D eigenvalue weighted by Gasteiger charge is -2.24. The monoisotopic (exact) mass is 226 g/mol. The Labute approximate surface area is 99.5 Å². The molecule has 94 valence electrons. The Balaban J connectivity index is 1.75. The molecule has 0 amide bonds. The second-order valence-electron chi connectivity index (χ2n) is 5.38. The molecule has 0 aromatic heterocycles. The zero-order valence-electron chi connectivity index (χ0n) is 10.7. The van der Waals surface area contributed by atoms with E-state index < -0.39 is 0 Å². The Bertz CT molecular complexity index is 192. The van der Waals surface area contributed by atoms with Crippen LogP contribution in [0.2, 0.25) is 0 Å². The van der Waals surface area contributed by atoms with Crippen molar-refractivity contribution in [1.82, 2.24) is 10.2 Å². The first-order valence-corrected chi connectivity index (χ1v) is 6.78. The summed E-state index contributed by atoms with van der Waals surface area (Å²) in [6, 6.07) is 0.508. The average Bonchev–Trinajstić information content (AvgIpc) is 2.78. The topological polar surface area (TPSA) is 24.5 Å². The van der Waals surface area contributed by atoms with Crippen LogP contribution in [-0.4, -0.2) is 50.8 Å². The Kier molecular flexibility index (Phi) is 4.62. The van der Waals surface area contributed by atoms with Gasteiger partial charge in [-0.15, -0.1) is 0 Å². The van der Waals surface area contributed by atoms with Gasteiger partial charge >= 0.3 is 0 Å². The maximum atomic E-state index is 5.27. The largest absolute Gasteiger partial charge is 0.383 e. The SMILES string of the molecule is CCNC(COC)CN1CC2CCCC2C1. The lowest BCUT2D eigenvalue weighted by atomic mass is 10.0. The Morgan fingerprint density at radius 2 is 2.00 bits per heavy atom. The molecular weight excluding hydrogens is 200 g/mol. The molecule has 16 heavy (non-hydrogen) atoms. The molecule has 2 aliphatic rings. The van der Waals surface area contributed by atoms with Crippen molar-refractivity contribution in [3.63, 3.8) is 0 Å². The maximum Gasteiger partial charge on any atom is 0.0628 e. The fraction of sp³-hybridized carbons (Fsp3) is 1.00. The van der Waals surface area contributed by atoms with Crippen molar-refractivity contribution in [2.45, 2.75) is 32.2 Å². The highest BCUT2D eigenvalue weighted by molar-refractivity contribution is 4.89. The number of hydrogen-bond donors (Lipinski definition) is 1. The molecule has 2 rings (SSSR count). The maximum absolute atomic E-state index is 5.27. The quantitative estimate of drug-likeness (QED) is 0.740. The third-order valence-corrected chi connectivity index (χ3v) is 4.14. The Hall–Kier alpha value is -0.120. The molecule has 1 aliphatic carbocycles. The summed E-state index contributed by atoms with van der Waals surface area (Å²) < 4.78 is 5.27. The summed E-state index contributed by atoms with van der Waals surface area (Å²) in [5, 5.41) is 3.51. The second-order valence-corrected chi connectivity index (χ2v) is 5.38. The number of likely N-dealkylation sites (N-methyl/N-ethyl adjacent to an activating group) is 1. The third-order valence-electron chi connectivity index (χ3n) is 4.14. The molecule has 0 radical (unpaired) electrons. The Morgan fingerprint density at radius 3 is 2.56 bits per heavy atom. The van der Waals surface area contributed by atoms with Gasteiger partial charge in [0.2, 0.25) is 0 Å². The van der Waals surface area contributed by atoms with Gasteiger partial charge < -0.3 is 15.0 Å². The number of nitrogens with one attached hydrogen (secondary N) is 1. The average molecular weight is 226 g/mol. The van der Waals surface area contributed by atoms with Crippen LogP contribution >= 0.6 is 0 Å². The number of ether oxygens (including phenoxy) is 1. The molecule has 3 heteroatoms. The van der Waals surface area contributed by atoms with E-state index in [1.807, 2.05) is 0 Å². The van der Waals surface area contributed by atoms with Crippen LogP contribution in [-0.2, 0) is 4.74 Å². The van der Waals surface area contributed by atoms with Gasteiger partial charge in [-0.2, -0.15) is 0 Å². The summed E-state index contributed by atoms with van der Waals surface area (Å²) in [6.07, 6.45) is 4.41. The molecule has 1 saturated heterocycles. The van der Waals surface area contributed by atoms with Crippen molar-refractivity contribution in [3.8, 4) is 0 Å². The lowest BCUT2D eigenvalue weighted by Crippen LogP contribution is -2.43. The van der Waals surface area contributed by atoms with Gasteiger partial charge in [-0.1, -0.05) is 13.3 Å². The molecule has 1 N–H and O–H groups in total. The van der Waals surface area contributed by atoms with Gasteiger partial charge in [-0.3, -0.25) is 0 Å². The van der Waals surface area contributed by atoms with E-state index in [1.165, 1.54) is 32.4 Å². The van der Waals surface area contributed by atoms with Crippen molar-refractivity contribution < 1.29 is 4.74 Å². The van der Waals surface area contributed by atoms with E-state index in [1.54, 1.807) is 7.11 Å². The van der Waals surface area contributed by atoms with Crippen LogP contribution < -0.4 is 5.32 Å². The van der Waals surface area contributed by atoms with Crippen LogP contribution in [0.1, 0.15) is 26.2 Å². The zero-order chi connectivity index (χ0) is 11.4. The molecule has 3 atom stereocenters. The minimum atomic E-state index is 0.508. The molecule has 0 aromatic carbocycles. The van der Waals surface area contributed by atoms with Gasteiger partial charge in [0.15, 0.2) is 0 Å². The van der Waals surface area contributed by atoms with Gasteiger partial charge in [-0.05, 0) is 31.2 Å².